The molecule has 0 aliphatic carbocycles. The van der Waals surface area contributed by atoms with E-state index in [1.807, 2.05) is 0 Å². The number of amides is 1. The maximum Gasteiger partial charge on any atom is 0.237 e. The molecule has 4 nitrogen and oxygen atoms in total. The van der Waals surface area contributed by atoms with Crippen molar-refractivity contribution in [3.63, 3.8) is 0 Å². The summed E-state index contributed by atoms with van der Waals surface area (Å²) in [6, 6.07) is 6.22. The molecule has 0 aliphatic heterocycles. The van der Waals surface area contributed by atoms with Crippen LogP contribution in [0, 0.1) is 0 Å². The Morgan fingerprint density at radius 1 is 1.20 bits per heavy atom. The molecule has 0 heterocycles. The van der Waals surface area contributed by atoms with Gasteiger partial charge in [0.2, 0.25) is 5.91 Å². The Bertz CT molecular complexity index is 416. The topological polar surface area (TPSA) is 75.4 Å². The maximum atomic E-state index is 12.2. The fourth-order valence-corrected chi connectivity index (χ4v) is 2.35. The van der Waals surface area contributed by atoms with Crippen LogP contribution in [0.3, 0.4) is 0 Å². The van der Waals surface area contributed by atoms with E-state index in [2.05, 4.69) is 26.1 Å². The molecule has 0 radical (unpaired) electrons. The highest BCUT2D eigenvalue weighted by atomic mass is 16.3. The van der Waals surface area contributed by atoms with Gasteiger partial charge in [-0.2, -0.15) is 0 Å². The fraction of sp³-hybridized carbons (Fsp3) is 0.562. The molecule has 0 bridgehead atoms. The molecule has 0 fully saturated rings. The van der Waals surface area contributed by atoms with E-state index in [-0.39, 0.29) is 17.2 Å². The average Bonchev–Trinajstić information content (AvgIpc) is 2.47. The standard InChI is InChI=1S/C16H26N2O2/c1-4-16(5-2,6-3)18-15(20)14(17)11-12-7-9-13(19)10-8-12/h7-10,14,19H,4-6,11,17H2,1-3H3,(H,18,20)/t14-/m1/s1. The van der Waals surface area contributed by atoms with Crippen LogP contribution in [0.15, 0.2) is 24.3 Å². The number of rotatable bonds is 7. The second-order valence-corrected chi connectivity index (χ2v) is 5.31. The van der Waals surface area contributed by atoms with Crippen LogP contribution in [0.1, 0.15) is 45.6 Å². The molecule has 0 unspecified atom stereocenters. The number of aromatic hydroxyl groups is 1. The third-order valence-electron chi connectivity index (χ3n) is 4.15. The van der Waals surface area contributed by atoms with Crippen LogP contribution in [0.4, 0.5) is 0 Å². The van der Waals surface area contributed by atoms with Crippen molar-refractivity contribution in [1.29, 1.82) is 0 Å². The van der Waals surface area contributed by atoms with Gasteiger partial charge in [-0.3, -0.25) is 4.79 Å². The predicted octanol–water partition coefficient (Wildman–Crippen LogP) is 2.35. The zero-order chi connectivity index (χ0) is 15.2. The smallest absolute Gasteiger partial charge is 0.237 e. The van der Waals surface area contributed by atoms with Gasteiger partial charge < -0.3 is 16.2 Å². The first-order valence-corrected chi connectivity index (χ1v) is 7.31. The fourth-order valence-electron chi connectivity index (χ4n) is 2.35. The van der Waals surface area contributed by atoms with Crippen LogP contribution in [-0.4, -0.2) is 22.6 Å². The normalized spacial score (nSPS) is 13.0. The van der Waals surface area contributed by atoms with E-state index >= 15 is 0 Å². The first-order valence-electron chi connectivity index (χ1n) is 7.31. The number of benzene rings is 1. The molecule has 4 N–H and O–H groups in total. The van der Waals surface area contributed by atoms with E-state index in [4.69, 9.17) is 5.73 Å². The van der Waals surface area contributed by atoms with Crippen molar-refractivity contribution < 1.29 is 9.90 Å². The lowest BCUT2D eigenvalue weighted by Crippen LogP contribution is -2.53. The minimum atomic E-state index is -0.566. The van der Waals surface area contributed by atoms with E-state index in [9.17, 15) is 9.90 Å². The Kier molecular flexibility index (Phi) is 6.02. The second kappa shape index (κ2) is 7.29. The Morgan fingerprint density at radius 2 is 1.70 bits per heavy atom. The van der Waals surface area contributed by atoms with Gasteiger partial charge in [-0.05, 0) is 43.4 Å². The molecule has 112 valence electrons. The summed E-state index contributed by atoms with van der Waals surface area (Å²) in [4.78, 5) is 12.2. The van der Waals surface area contributed by atoms with Gasteiger partial charge in [0.1, 0.15) is 5.75 Å². The summed E-state index contributed by atoms with van der Waals surface area (Å²) < 4.78 is 0. The van der Waals surface area contributed by atoms with Crippen LogP contribution in [0.2, 0.25) is 0 Å². The third-order valence-corrected chi connectivity index (χ3v) is 4.15. The molecule has 0 spiro atoms. The third kappa shape index (κ3) is 4.23. The number of hydrogen-bond donors (Lipinski definition) is 3. The van der Waals surface area contributed by atoms with Gasteiger partial charge in [-0.25, -0.2) is 0 Å². The molecule has 1 rings (SSSR count). The highest BCUT2D eigenvalue weighted by molar-refractivity contribution is 5.82. The van der Waals surface area contributed by atoms with Crippen molar-refractivity contribution in [3.8, 4) is 5.75 Å². The number of carbonyl (C=O) groups excluding carboxylic acids is 1. The van der Waals surface area contributed by atoms with Crippen LogP contribution in [-0.2, 0) is 11.2 Å². The highest BCUT2D eigenvalue weighted by Crippen LogP contribution is 2.19. The van der Waals surface area contributed by atoms with E-state index in [0.717, 1.165) is 24.8 Å². The first kappa shape index (κ1) is 16.5. The Balaban J connectivity index is 2.65. The van der Waals surface area contributed by atoms with E-state index in [1.165, 1.54) is 0 Å². The van der Waals surface area contributed by atoms with Crippen molar-refractivity contribution in [2.24, 2.45) is 5.73 Å². The Hall–Kier alpha value is -1.55. The first-order chi connectivity index (χ1) is 9.46. The number of phenols is 1. The highest BCUT2D eigenvalue weighted by Gasteiger charge is 2.28. The van der Waals surface area contributed by atoms with Gasteiger partial charge in [0.05, 0.1) is 6.04 Å². The SMILES string of the molecule is CCC(CC)(CC)NC(=O)[C@H](N)Cc1ccc(O)cc1. The molecule has 0 saturated heterocycles. The molecular weight excluding hydrogens is 252 g/mol. The predicted molar refractivity (Wildman–Crippen MR) is 81.5 cm³/mol. The average molecular weight is 278 g/mol. The summed E-state index contributed by atoms with van der Waals surface area (Å²) in [6.45, 7) is 6.25. The number of phenolic OH excluding ortho intramolecular Hbond substituents is 1. The van der Waals surface area contributed by atoms with Crippen molar-refractivity contribution in [2.75, 3.05) is 0 Å². The molecule has 1 aromatic rings. The molecule has 0 saturated carbocycles. The summed E-state index contributed by atoms with van der Waals surface area (Å²) in [5.74, 6) is 0.109. The lowest BCUT2D eigenvalue weighted by Gasteiger charge is -2.33. The molecule has 0 aliphatic rings. The van der Waals surface area contributed by atoms with E-state index in [0.29, 0.717) is 6.42 Å². The van der Waals surface area contributed by atoms with Crippen LogP contribution in [0.5, 0.6) is 5.75 Å². The van der Waals surface area contributed by atoms with Crippen molar-refractivity contribution >= 4 is 5.91 Å². The van der Waals surface area contributed by atoms with E-state index in [1.54, 1.807) is 24.3 Å². The molecule has 1 atom stereocenters. The van der Waals surface area contributed by atoms with Gasteiger partial charge in [-0.1, -0.05) is 32.9 Å². The molecule has 20 heavy (non-hydrogen) atoms. The van der Waals surface area contributed by atoms with Gasteiger partial charge in [0.25, 0.3) is 0 Å². The maximum absolute atomic E-state index is 12.2. The molecular formula is C16H26N2O2. The number of nitrogens with one attached hydrogen (secondary N) is 1. The summed E-state index contributed by atoms with van der Waals surface area (Å²) >= 11 is 0. The van der Waals surface area contributed by atoms with Crippen LogP contribution in [0.25, 0.3) is 0 Å². The zero-order valence-electron chi connectivity index (χ0n) is 12.6. The zero-order valence-corrected chi connectivity index (χ0v) is 12.6. The van der Waals surface area contributed by atoms with Gasteiger partial charge in [0.15, 0.2) is 0 Å². The minimum absolute atomic E-state index is 0.108. The Labute approximate surface area is 121 Å². The molecule has 4 heteroatoms. The molecule has 1 amide bonds. The lowest BCUT2D eigenvalue weighted by molar-refractivity contribution is -0.124. The quantitative estimate of drug-likeness (QED) is 0.716. The van der Waals surface area contributed by atoms with Crippen molar-refractivity contribution in [1.82, 2.24) is 5.32 Å². The number of nitrogens with two attached hydrogens (primary N) is 1. The second-order valence-electron chi connectivity index (χ2n) is 5.31. The van der Waals surface area contributed by atoms with Crippen LogP contribution >= 0.6 is 0 Å². The largest absolute Gasteiger partial charge is 0.508 e. The summed E-state index contributed by atoms with van der Waals surface area (Å²) in [7, 11) is 0. The van der Waals surface area contributed by atoms with Crippen molar-refractivity contribution in [2.45, 2.75) is 58.0 Å². The van der Waals surface area contributed by atoms with Gasteiger partial charge in [-0.15, -0.1) is 0 Å². The van der Waals surface area contributed by atoms with Crippen LogP contribution < -0.4 is 11.1 Å². The summed E-state index contributed by atoms with van der Waals surface area (Å²) in [5, 5.41) is 12.3. The number of hydrogen-bond acceptors (Lipinski definition) is 3. The summed E-state index contributed by atoms with van der Waals surface area (Å²) in [5.41, 5.74) is 6.78. The van der Waals surface area contributed by atoms with Gasteiger partial charge in [0, 0.05) is 5.54 Å². The lowest BCUT2D eigenvalue weighted by atomic mass is 9.89. The Morgan fingerprint density at radius 3 is 2.15 bits per heavy atom. The monoisotopic (exact) mass is 278 g/mol. The molecule has 1 aromatic carbocycles. The van der Waals surface area contributed by atoms with E-state index < -0.39 is 6.04 Å². The number of carbonyl (C=O) groups is 1. The van der Waals surface area contributed by atoms with Gasteiger partial charge >= 0.3 is 0 Å². The van der Waals surface area contributed by atoms with Crippen molar-refractivity contribution in [3.05, 3.63) is 29.8 Å². The minimum Gasteiger partial charge on any atom is -0.508 e. The molecule has 0 aromatic heterocycles. The summed E-state index contributed by atoms with van der Waals surface area (Å²) in [6.07, 6.45) is 3.17.